The number of hydrogen-bond acceptors (Lipinski definition) is 3. The first-order valence-electron chi connectivity index (χ1n) is 7.83. The first-order chi connectivity index (χ1) is 11.1. The first-order valence-corrected chi connectivity index (χ1v) is 7.83. The fourth-order valence-corrected chi connectivity index (χ4v) is 2.34. The molecule has 0 radical (unpaired) electrons. The Bertz CT molecular complexity index is 637. The Kier molecular flexibility index (Phi) is 6.24. The van der Waals surface area contributed by atoms with Crippen LogP contribution in [-0.4, -0.2) is 13.7 Å². The summed E-state index contributed by atoms with van der Waals surface area (Å²) in [6.45, 7) is 9.19. The fourth-order valence-electron chi connectivity index (χ4n) is 2.34. The van der Waals surface area contributed by atoms with Gasteiger partial charge in [-0.1, -0.05) is 49.0 Å². The number of nitrogens with one attached hydrogen (secondary N) is 1. The third-order valence-electron chi connectivity index (χ3n) is 3.64. The molecule has 3 heteroatoms. The highest BCUT2D eigenvalue weighted by molar-refractivity contribution is 5.46. The molecule has 1 unspecified atom stereocenters. The van der Waals surface area contributed by atoms with Crippen molar-refractivity contribution in [2.24, 2.45) is 0 Å². The molecule has 0 spiro atoms. The molecule has 0 fully saturated rings. The van der Waals surface area contributed by atoms with E-state index >= 15 is 0 Å². The average Bonchev–Trinajstić information content (AvgIpc) is 2.58. The summed E-state index contributed by atoms with van der Waals surface area (Å²) >= 11 is 0. The van der Waals surface area contributed by atoms with Crippen molar-refractivity contribution in [2.45, 2.75) is 26.4 Å². The van der Waals surface area contributed by atoms with Gasteiger partial charge in [0.25, 0.3) is 0 Å². The van der Waals surface area contributed by atoms with Gasteiger partial charge < -0.3 is 14.8 Å². The molecule has 3 nitrogen and oxygen atoms in total. The molecule has 0 aliphatic heterocycles. The molecule has 2 rings (SSSR count). The van der Waals surface area contributed by atoms with Crippen LogP contribution in [0.25, 0.3) is 0 Å². The first kappa shape index (κ1) is 17.1. The molecule has 122 valence electrons. The number of ether oxygens (including phenoxy) is 2. The lowest BCUT2D eigenvalue weighted by Gasteiger charge is -2.18. The van der Waals surface area contributed by atoms with Crippen LogP contribution in [0.15, 0.2) is 60.7 Å². The lowest BCUT2D eigenvalue weighted by atomic mass is 10.1. The summed E-state index contributed by atoms with van der Waals surface area (Å²) in [4.78, 5) is 0. The highest BCUT2D eigenvalue weighted by atomic mass is 16.5. The quantitative estimate of drug-likeness (QED) is 0.728. The van der Waals surface area contributed by atoms with Crippen LogP contribution in [0.1, 0.15) is 31.0 Å². The fraction of sp³-hybridized carbons (Fsp3) is 0.300. The van der Waals surface area contributed by atoms with Gasteiger partial charge in [-0.3, -0.25) is 0 Å². The molecule has 0 aromatic heterocycles. The van der Waals surface area contributed by atoms with Gasteiger partial charge >= 0.3 is 0 Å². The van der Waals surface area contributed by atoms with E-state index in [1.54, 1.807) is 7.11 Å². The average molecular weight is 311 g/mol. The Hall–Kier alpha value is -2.26. The maximum Gasteiger partial charge on any atom is 0.166 e. The van der Waals surface area contributed by atoms with Crippen molar-refractivity contribution in [2.75, 3.05) is 13.7 Å². The Morgan fingerprint density at radius 1 is 1.13 bits per heavy atom. The van der Waals surface area contributed by atoms with Gasteiger partial charge in [-0.15, -0.1) is 0 Å². The molecule has 0 bridgehead atoms. The van der Waals surface area contributed by atoms with Crippen LogP contribution in [-0.2, 0) is 6.54 Å². The van der Waals surface area contributed by atoms with Gasteiger partial charge in [-0.25, -0.2) is 0 Å². The van der Waals surface area contributed by atoms with Gasteiger partial charge in [-0.05, 0) is 31.1 Å². The van der Waals surface area contributed by atoms with Crippen LogP contribution < -0.4 is 14.8 Å². The van der Waals surface area contributed by atoms with Crippen molar-refractivity contribution in [1.82, 2.24) is 5.32 Å². The highest BCUT2D eigenvalue weighted by Gasteiger charge is 2.12. The second-order valence-electron chi connectivity index (χ2n) is 5.71. The predicted octanol–water partition coefficient (Wildman–Crippen LogP) is 4.50. The highest BCUT2D eigenvalue weighted by Crippen LogP contribution is 2.31. The minimum atomic E-state index is 0.261. The summed E-state index contributed by atoms with van der Waals surface area (Å²) in [5.41, 5.74) is 3.32. The van der Waals surface area contributed by atoms with Crippen LogP contribution >= 0.6 is 0 Å². The van der Waals surface area contributed by atoms with E-state index in [-0.39, 0.29) is 6.04 Å². The number of benzene rings is 2. The van der Waals surface area contributed by atoms with Gasteiger partial charge in [0.2, 0.25) is 0 Å². The molecule has 23 heavy (non-hydrogen) atoms. The summed E-state index contributed by atoms with van der Waals surface area (Å²) in [6, 6.07) is 16.6. The van der Waals surface area contributed by atoms with E-state index < -0.39 is 0 Å². The normalized spacial score (nSPS) is 11.8. The van der Waals surface area contributed by atoms with Crippen molar-refractivity contribution in [3.05, 3.63) is 71.8 Å². The lowest BCUT2D eigenvalue weighted by Crippen LogP contribution is -2.18. The van der Waals surface area contributed by atoms with Crippen LogP contribution in [0.3, 0.4) is 0 Å². The summed E-state index contributed by atoms with van der Waals surface area (Å²) < 4.78 is 11.3. The SMILES string of the molecule is C=C(C)COc1c(CNC(C)c2ccccc2)cccc1OC. The summed E-state index contributed by atoms with van der Waals surface area (Å²) in [7, 11) is 1.66. The number of rotatable bonds is 8. The summed E-state index contributed by atoms with van der Waals surface area (Å²) in [5, 5.41) is 3.54. The van der Waals surface area contributed by atoms with Gasteiger partial charge in [0, 0.05) is 18.2 Å². The minimum absolute atomic E-state index is 0.261. The van der Waals surface area contributed by atoms with Crippen molar-refractivity contribution < 1.29 is 9.47 Å². The van der Waals surface area contributed by atoms with E-state index in [2.05, 4.69) is 49.2 Å². The zero-order chi connectivity index (χ0) is 16.7. The maximum atomic E-state index is 5.89. The molecule has 1 atom stereocenters. The van der Waals surface area contributed by atoms with Crippen molar-refractivity contribution in [1.29, 1.82) is 0 Å². The molecule has 0 aliphatic carbocycles. The third kappa shape index (κ3) is 4.86. The zero-order valence-electron chi connectivity index (χ0n) is 14.1. The molecule has 0 saturated carbocycles. The third-order valence-corrected chi connectivity index (χ3v) is 3.64. The standard InChI is InChI=1S/C20H25NO2/c1-15(2)14-23-20-18(11-8-12-19(20)22-4)13-21-16(3)17-9-6-5-7-10-17/h5-12,16,21H,1,13-14H2,2-4H3. The van der Waals surface area contributed by atoms with Gasteiger partial charge in [0.1, 0.15) is 6.61 Å². The Morgan fingerprint density at radius 2 is 1.87 bits per heavy atom. The van der Waals surface area contributed by atoms with E-state index in [1.165, 1.54) is 5.56 Å². The Labute approximate surface area is 138 Å². The number of hydrogen-bond donors (Lipinski definition) is 1. The zero-order valence-corrected chi connectivity index (χ0v) is 14.1. The smallest absolute Gasteiger partial charge is 0.166 e. The van der Waals surface area contributed by atoms with Gasteiger partial charge in [-0.2, -0.15) is 0 Å². The van der Waals surface area contributed by atoms with Crippen molar-refractivity contribution in [3.63, 3.8) is 0 Å². The van der Waals surface area contributed by atoms with Crippen LogP contribution in [0, 0.1) is 0 Å². The Balaban J connectivity index is 2.10. The second kappa shape index (κ2) is 8.39. The number of methoxy groups -OCH3 is 1. The van der Waals surface area contributed by atoms with E-state index in [0.29, 0.717) is 13.2 Å². The summed E-state index contributed by atoms with van der Waals surface area (Å²) in [6.07, 6.45) is 0. The minimum Gasteiger partial charge on any atom is -0.493 e. The molecule has 0 amide bonds. The van der Waals surface area contributed by atoms with Crippen LogP contribution in [0.5, 0.6) is 11.5 Å². The molecule has 2 aromatic carbocycles. The Morgan fingerprint density at radius 3 is 2.52 bits per heavy atom. The van der Waals surface area contributed by atoms with Gasteiger partial charge in [0.05, 0.1) is 7.11 Å². The molecular formula is C20H25NO2. The van der Waals surface area contributed by atoms with Crippen LogP contribution in [0.4, 0.5) is 0 Å². The predicted molar refractivity (Wildman–Crippen MR) is 95.0 cm³/mol. The molecule has 1 N–H and O–H groups in total. The van der Waals surface area contributed by atoms with E-state index in [0.717, 1.165) is 22.6 Å². The van der Waals surface area contributed by atoms with E-state index in [4.69, 9.17) is 9.47 Å². The second-order valence-corrected chi connectivity index (χ2v) is 5.71. The molecular weight excluding hydrogens is 286 g/mol. The molecule has 2 aromatic rings. The van der Waals surface area contributed by atoms with Crippen LogP contribution in [0.2, 0.25) is 0 Å². The lowest BCUT2D eigenvalue weighted by molar-refractivity contribution is 0.315. The largest absolute Gasteiger partial charge is 0.493 e. The van der Waals surface area contributed by atoms with E-state index in [1.807, 2.05) is 25.1 Å². The monoisotopic (exact) mass is 311 g/mol. The number of para-hydroxylation sites is 1. The topological polar surface area (TPSA) is 30.5 Å². The summed E-state index contributed by atoms with van der Waals surface area (Å²) in [5.74, 6) is 1.53. The molecule has 0 aliphatic rings. The van der Waals surface area contributed by atoms with Crippen molar-refractivity contribution in [3.8, 4) is 11.5 Å². The van der Waals surface area contributed by atoms with Crippen molar-refractivity contribution >= 4 is 0 Å². The molecule has 0 heterocycles. The molecule has 0 saturated heterocycles. The maximum absolute atomic E-state index is 5.89. The van der Waals surface area contributed by atoms with Gasteiger partial charge in [0.15, 0.2) is 11.5 Å². The van der Waals surface area contributed by atoms with E-state index in [9.17, 15) is 0 Å².